The number of anilines is 3. The molecule has 0 fully saturated rings. The number of aromatic nitrogens is 2. The van der Waals surface area contributed by atoms with Crippen LogP contribution in [0.4, 0.5) is 17.3 Å². The zero-order valence-corrected chi connectivity index (χ0v) is 11.2. The summed E-state index contributed by atoms with van der Waals surface area (Å²) in [6.45, 7) is 4.68. The van der Waals surface area contributed by atoms with Crippen LogP contribution in [-0.2, 0) is 0 Å². The molecule has 1 atom stereocenters. The van der Waals surface area contributed by atoms with Crippen molar-refractivity contribution in [3.63, 3.8) is 0 Å². The number of nitrogens with one attached hydrogen (secondary N) is 2. The van der Waals surface area contributed by atoms with Crippen molar-refractivity contribution in [2.75, 3.05) is 17.2 Å². The summed E-state index contributed by atoms with van der Waals surface area (Å²) in [4.78, 5) is 8.37. The first kappa shape index (κ1) is 13.3. The minimum Gasteiger partial charge on any atom is -0.368 e. The normalized spacial score (nSPS) is 11.9. The van der Waals surface area contributed by atoms with E-state index in [4.69, 9.17) is 5.73 Å². The predicted molar refractivity (Wildman–Crippen MR) is 78.6 cm³/mol. The van der Waals surface area contributed by atoms with Crippen molar-refractivity contribution in [3.8, 4) is 0 Å². The molecule has 0 amide bonds. The lowest BCUT2D eigenvalue weighted by Gasteiger charge is -2.11. The molecule has 0 saturated carbocycles. The van der Waals surface area contributed by atoms with E-state index in [9.17, 15) is 0 Å². The fourth-order valence-corrected chi connectivity index (χ4v) is 1.64. The van der Waals surface area contributed by atoms with Gasteiger partial charge >= 0.3 is 0 Å². The Morgan fingerprint density at radius 2 is 1.95 bits per heavy atom. The molecule has 0 spiro atoms. The Balaban J connectivity index is 2.09. The van der Waals surface area contributed by atoms with Gasteiger partial charge in [-0.25, -0.2) is 9.97 Å². The molecular formula is C14H19N5. The summed E-state index contributed by atoms with van der Waals surface area (Å²) in [5, 5.41) is 6.45. The summed E-state index contributed by atoms with van der Waals surface area (Å²) in [6, 6.07) is 10.0. The van der Waals surface area contributed by atoms with Crippen molar-refractivity contribution in [2.24, 2.45) is 5.73 Å². The van der Waals surface area contributed by atoms with Gasteiger partial charge in [0.1, 0.15) is 18.0 Å². The van der Waals surface area contributed by atoms with Crippen LogP contribution in [0.25, 0.3) is 0 Å². The molecular weight excluding hydrogens is 238 g/mol. The van der Waals surface area contributed by atoms with E-state index in [2.05, 4.69) is 33.6 Å². The molecule has 0 aliphatic heterocycles. The molecule has 19 heavy (non-hydrogen) atoms. The zero-order valence-electron chi connectivity index (χ0n) is 11.2. The highest BCUT2D eigenvalue weighted by atomic mass is 15.1. The summed E-state index contributed by atoms with van der Waals surface area (Å²) in [7, 11) is 0. The van der Waals surface area contributed by atoms with Gasteiger partial charge in [0.15, 0.2) is 0 Å². The molecule has 1 aromatic carbocycles. The van der Waals surface area contributed by atoms with Crippen LogP contribution in [0.3, 0.4) is 0 Å². The maximum absolute atomic E-state index is 5.70. The molecule has 2 rings (SSSR count). The van der Waals surface area contributed by atoms with Gasteiger partial charge in [-0.15, -0.1) is 0 Å². The third-order valence-corrected chi connectivity index (χ3v) is 2.68. The summed E-state index contributed by atoms with van der Waals surface area (Å²) < 4.78 is 0. The SMILES string of the molecule is Cc1ccccc1Nc1cc(NCC(C)N)ncn1. The van der Waals surface area contributed by atoms with Crippen molar-refractivity contribution in [1.82, 2.24) is 9.97 Å². The standard InChI is InChI=1S/C14H19N5/c1-10-5-3-4-6-12(10)19-14-7-13(17-9-18-14)16-8-11(2)15/h3-7,9,11H,8,15H2,1-2H3,(H2,16,17,18,19). The van der Waals surface area contributed by atoms with Gasteiger partial charge in [-0.3, -0.25) is 0 Å². The summed E-state index contributed by atoms with van der Waals surface area (Å²) >= 11 is 0. The average Bonchev–Trinajstić information content (AvgIpc) is 2.40. The number of hydrogen-bond acceptors (Lipinski definition) is 5. The Labute approximate surface area is 113 Å². The topological polar surface area (TPSA) is 75.9 Å². The highest BCUT2D eigenvalue weighted by Crippen LogP contribution is 2.19. The molecule has 5 nitrogen and oxygen atoms in total. The molecule has 1 aromatic heterocycles. The zero-order chi connectivity index (χ0) is 13.7. The molecule has 1 heterocycles. The van der Waals surface area contributed by atoms with Crippen LogP contribution in [0.1, 0.15) is 12.5 Å². The number of benzene rings is 1. The van der Waals surface area contributed by atoms with Gasteiger partial charge in [0.2, 0.25) is 0 Å². The first-order valence-electron chi connectivity index (χ1n) is 6.29. The molecule has 0 aliphatic carbocycles. The first-order chi connectivity index (χ1) is 9.15. The third kappa shape index (κ3) is 3.93. The van der Waals surface area contributed by atoms with Crippen LogP contribution in [0.15, 0.2) is 36.7 Å². The Morgan fingerprint density at radius 1 is 1.21 bits per heavy atom. The third-order valence-electron chi connectivity index (χ3n) is 2.68. The summed E-state index contributed by atoms with van der Waals surface area (Å²) in [6.07, 6.45) is 1.53. The Morgan fingerprint density at radius 3 is 2.68 bits per heavy atom. The maximum Gasteiger partial charge on any atom is 0.135 e. The lowest BCUT2D eigenvalue weighted by molar-refractivity contribution is 0.777. The van der Waals surface area contributed by atoms with Crippen LogP contribution in [0.5, 0.6) is 0 Å². The van der Waals surface area contributed by atoms with E-state index in [1.165, 1.54) is 11.9 Å². The second kappa shape index (κ2) is 6.15. The van der Waals surface area contributed by atoms with Gasteiger partial charge in [-0.2, -0.15) is 0 Å². The van der Waals surface area contributed by atoms with Crippen molar-refractivity contribution in [2.45, 2.75) is 19.9 Å². The Kier molecular flexibility index (Phi) is 4.30. The molecule has 100 valence electrons. The molecule has 2 aromatic rings. The van der Waals surface area contributed by atoms with E-state index < -0.39 is 0 Å². The largest absolute Gasteiger partial charge is 0.368 e. The Bertz CT molecular complexity index is 539. The fraction of sp³-hybridized carbons (Fsp3) is 0.286. The number of hydrogen-bond donors (Lipinski definition) is 3. The van der Waals surface area contributed by atoms with Gasteiger partial charge in [0.25, 0.3) is 0 Å². The van der Waals surface area contributed by atoms with Gasteiger partial charge in [-0.05, 0) is 25.5 Å². The Hall–Kier alpha value is -2.14. The minimum absolute atomic E-state index is 0.0859. The molecule has 5 heteroatoms. The van der Waals surface area contributed by atoms with Gasteiger partial charge in [0, 0.05) is 24.3 Å². The summed E-state index contributed by atoms with van der Waals surface area (Å²) in [5.74, 6) is 1.53. The van der Waals surface area contributed by atoms with Crippen LogP contribution in [-0.4, -0.2) is 22.6 Å². The first-order valence-corrected chi connectivity index (χ1v) is 6.29. The maximum atomic E-state index is 5.70. The minimum atomic E-state index is 0.0859. The average molecular weight is 257 g/mol. The van der Waals surface area contributed by atoms with E-state index in [1.807, 2.05) is 31.2 Å². The van der Waals surface area contributed by atoms with Crippen molar-refractivity contribution in [3.05, 3.63) is 42.2 Å². The van der Waals surface area contributed by atoms with Crippen LogP contribution >= 0.6 is 0 Å². The lowest BCUT2D eigenvalue weighted by atomic mass is 10.2. The number of rotatable bonds is 5. The molecule has 0 radical (unpaired) electrons. The van der Waals surface area contributed by atoms with E-state index in [0.717, 1.165) is 17.3 Å². The van der Waals surface area contributed by atoms with Crippen LogP contribution in [0, 0.1) is 6.92 Å². The van der Waals surface area contributed by atoms with E-state index in [1.54, 1.807) is 0 Å². The van der Waals surface area contributed by atoms with Gasteiger partial charge < -0.3 is 16.4 Å². The second-order valence-corrected chi connectivity index (χ2v) is 4.59. The number of aryl methyl sites for hydroxylation is 1. The van der Waals surface area contributed by atoms with Crippen LogP contribution < -0.4 is 16.4 Å². The fourth-order valence-electron chi connectivity index (χ4n) is 1.64. The van der Waals surface area contributed by atoms with E-state index in [-0.39, 0.29) is 6.04 Å². The lowest BCUT2D eigenvalue weighted by Crippen LogP contribution is -2.25. The number of nitrogens with two attached hydrogens (primary N) is 1. The molecule has 1 unspecified atom stereocenters. The van der Waals surface area contributed by atoms with Crippen molar-refractivity contribution in [1.29, 1.82) is 0 Å². The van der Waals surface area contributed by atoms with Gasteiger partial charge in [-0.1, -0.05) is 18.2 Å². The highest BCUT2D eigenvalue weighted by molar-refractivity contribution is 5.61. The quantitative estimate of drug-likeness (QED) is 0.766. The number of para-hydroxylation sites is 1. The van der Waals surface area contributed by atoms with Crippen molar-refractivity contribution >= 4 is 17.3 Å². The number of nitrogens with zero attached hydrogens (tertiary/aromatic N) is 2. The molecule has 0 bridgehead atoms. The molecule has 0 saturated heterocycles. The van der Waals surface area contributed by atoms with E-state index in [0.29, 0.717) is 6.54 Å². The highest BCUT2D eigenvalue weighted by Gasteiger charge is 2.02. The molecule has 0 aliphatic rings. The van der Waals surface area contributed by atoms with E-state index >= 15 is 0 Å². The predicted octanol–water partition coefficient (Wildman–Crippen LogP) is 2.29. The van der Waals surface area contributed by atoms with Gasteiger partial charge in [0.05, 0.1) is 0 Å². The molecule has 4 N–H and O–H groups in total. The second-order valence-electron chi connectivity index (χ2n) is 4.59. The van der Waals surface area contributed by atoms with Crippen LogP contribution in [0.2, 0.25) is 0 Å². The summed E-state index contributed by atoms with van der Waals surface area (Å²) in [5.41, 5.74) is 7.91. The van der Waals surface area contributed by atoms with Crippen molar-refractivity contribution < 1.29 is 0 Å². The smallest absolute Gasteiger partial charge is 0.135 e. The monoisotopic (exact) mass is 257 g/mol.